The summed E-state index contributed by atoms with van der Waals surface area (Å²) < 4.78 is 112. The number of nitrogens with two attached hydrogens (primary N) is 1. The summed E-state index contributed by atoms with van der Waals surface area (Å²) in [6, 6.07) is 11.3. The predicted octanol–water partition coefficient (Wildman–Crippen LogP) is 4.08. The van der Waals surface area contributed by atoms with Crippen molar-refractivity contribution in [2.45, 2.75) is 39.1 Å². The number of nitrogens with one attached hydrogen (secondary N) is 1. The summed E-state index contributed by atoms with van der Waals surface area (Å²) in [5, 5.41) is 8.03. The van der Waals surface area contributed by atoms with Gasteiger partial charge in [0.1, 0.15) is 4.90 Å². The standard InChI is InChI=1S/C26H38F3N4O7PS3/c1-39-41(34,40-2)18-6-12-32-14-16-33(17-15-32)13-11-21(20-42-22-7-4-3-5-8-22)31-24-10-9-23(44(30,37)38)19-25(24)43(35,36)26(27,28)29/h3-5,7-10,19,21,31H,6,11-18,20H2,1-2H3,(H2,30,37,38). The highest BCUT2D eigenvalue weighted by Crippen LogP contribution is 2.46. The fourth-order valence-corrected chi connectivity index (χ4v) is 8.20. The van der Waals surface area contributed by atoms with Crippen LogP contribution in [0, 0.1) is 0 Å². The first-order valence-electron chi connectivity index (χ1n) is 13.7. The van der Waals surface area contributed by atoms with Crippen LogP contribution in [0.5, 0.6) is 0 Å². The number of primary sulfonamides is 1. The van der Waals surface area contributed by atoms with E-state index in [2.05, 4.69) is 15.1 Å². The molecule has 1 atom stereocenters. The van der Waals surface area contributed by atoms with Crippen LogP contribution < -0.4 is 10.5 Å². The van der Waals surface area contributed by atoms with Crippen LogP contribution in [0.3, 0.4) is 0 Å². The maximum Gasteiger partial charge on any atom is 0.501 e. The van der Waals surface area contributed by atoms with Gasteiger partial charge >= 0.3 is 13.1 Å². The molecule has 3 N–H and O–H groups in total. The van der Waals surface area contributed by atoms with Crippen molar-refractivity contribution >= 4 is 44.9 Å². The molecule has 1 aliphatic heterocycles. The van der Waals surface area contributed by atoms with Crippen LogP contribution in [0.25, 0.3) is 0 Å². The van der Waals surface area contributed by atoms with Crippen molar-refractivity contribution in [3.05, 3.63) is 48.5 Å². The topological polar surface area (TPSA) is 148 Å². The molecule has 0 amide bonds. The summed E-state index contributed by atoms with van der Waals surface area (Å²) in [6.07, 6.45) is 1.43. The lowest BCUT2D eigenvalue weighted by Gasteiger charge is -2.35. The number of alkyl halides is 3. The minimum Gasteiger partial charge on any atom is -0.380 e. The second-order valence-electron chi connectivity index (χ2n) is 10.1. The number of nitrogens with zero attached hydrogens (tertiary/aromatic N) is 2. The van der Waals surface area contributed by atoms with E-state index in [9.17, 15) is 34.6 Å². The van der Waals surface area contributed by atoms with Crippen molar-refractivity contribution in [1.82, 2.24) is 9.80 Å². The van der Waals surface area contributed by atoms with E-state index < -0.39 is 48.8 Å². The first-order valence-corrected chi connectivity index (χ1v) is 19.4. The molecular weight excluding hydrogens is 664 g/mol. The fraction of sp³-hybridized carbons (Fsp3) is 0.538. The third-order valence-corrected chi connectivity index (χ3v) is 12.7. The van der Waals surface area contributed by atoms with Gasteiger partial charge in [0.25, 0.3) is 9.84 Å². The Balaban J connectivity index is 1.72. The molecule has 1 aliphatic rings. The third kappa shape index (κ3) is 10.4. The second-order valence-corrected chi connectivity index (χ2v) is 17.1. The largest absolute Gasteiger partial charge is 0.501 e. The van der Waals surface area contributed by atoms with E-state index in [0.29, 0.717) is 37.4 Å². The monoisotopic (exact) mass is 702 g/mol. The lowest BCUT2D eigenvalue weighted by Crippen LogP contribution is -2.47. The van der Waals surface area contributed by atoms with Gasteiger partial charge in [0.15, 0.2) is 0 Å². The molecule has 0 bridgehead atoms. The zero-order valence-electron chi connectivity index (χ0n) is 24.4. The van der Waals surface area contributed by atoms with E-state index in [4.69, 9.17) is 14.2 Å². The van der Waals surface area contributed by atoms with Gasteiger partial charge in [-0.25, -0.2) is 22.0 Å². The fourth-order valence-electron chi connectivity index (χ4n) is 4.60. The Kier molecular flexibility index (Phi) is 13.2. The maximum atomic E-state index is 13.6. The Bertz CT molecular complexity index is 1480. The van der Waals surface area contributed by atoms with Crippen LogP contribution in [0.4, 0.5) is 18.9 Å². The molecule has 11 nitrogen and oxygen atoms in total. The van der Waals surface area contributed by atoms with Crippen molar-refractivity contribution in [2.75, 3.05) is 70.7 Å². The zero-order valence-corrected chi connectivity index (χ0v) is 27.7. The molecule has 1 saturated heterocycles. The summed E-state index contributed by atoms with van der Waals surface area (Å²) >= 11 is 1.46. The van der Waals surface area contributed by atoms with Crippen LogP contribution in [-0.2, 0) is 33.5 Å². The van der Waals surface area contributed by atoms with Crippen LogP contribution in [0.2, 0.25) is 0 Å². The lowest BCUT2D eigenvalue weighted by atomic mass is 10.2. The van der Waals surface area contributed by atoms with Crippen molar-refractivity contribution in [1.29, 1.82) is 0 Å². The van der Waals surface area contributed by atoms with Gasteiger partial charge < -0.3 is 24.2 Å². The van der Waals surface area contributed by atoms with Crippen molar-refractivity contribution in [2.24, 2.45) is 5.14 Å². The normalized spacial score (nSPS) is 16.6. The van der Waals surface area contributed by atoms with E-state index in [1.807, 2.05) is 30.3 Å². The molecule has 1 heterocycles. The molecule has 248 valence electrons. The number of sulfone groups is 1. The van der Waals surface area contributed by atoms with Gasteiger partial charge in [-0.2, -0.15) is 13.2 Å². The molecule has 2 aromatic carbocycles. The zero-order chi connectivity index (χ0) is 32.6. The number of piperazine rings is 1. The van der Waals surface area contributed by atoms with Gasteiger partial charge in [-0.15, -0.1) is 11.8 Å². The van der Waals surface area contributed by atoms with Gasteiger partial charge in [0, 0.05) is 63.6 Å². The van der Waals surface area contributed by atoms with Crippen LogP contribution in [0.1, 0.15) is 12.8 Å². The van der Waals surface area contributed by atoms with E-state index in [0.717, 1.165) is 49.8 Å². The van der Waals surface area contributed by atoms with Gasteiger partial charge in [0.2, 0.25) is 10.0 Å². The first-order chi connectivity index (χ1) is 20.6. The Hall–Kier alpha value is -1.69. The summed E-state index contributed by atoms with van der Waals surface area (Å²) in [6.45, 7) is 4.32. The van der Waals surface area contributed by atoms with E-state index in [1.54, 1.807) is 0 Å². The summed E-state index contributed by atoms with van der Waals surface area (Å²) in [7, 11) is -10.7. The number of hydrogen-bond acceptors (Lipinski definition) is 11. The van der Waals surface area contributed by atoms with Gasteiger partial charge in [-0.1, -0.05) is 18.2 Å². The van der Waals surface area contributed by atoms with Crippen LogP contribution >= 0.6 is 19.4 Å². The Morgan fingerprint density at radius 1 is 0.977 bits per heavy atom. The molecular formula is C26H38F3N4O7PS3. The molecule has 0 radical (unpaired) electrons. The Morgan fingerprint density at radius 2 is 1.57 bits per heavy atom. The summed E-state index contributed by atoms with van der Waals surface area (Å²) in [4.78, 5) is 3.43. The average Bonchev–Trinajstić information content (AvgIpc) is 2.98. The SMILES string of the molecule is COP(=O)(CCCN1CCN(CCC(CSc2ccccc2)Nc2ccc(S(N)(=O)=O)cc2S(=O)(=O)C(F)(F)F)CC1)OC. The quantitative estimate of drug-likeness (QED) is 0.193. The van der Waals surface area contributed by atoms with Gasteiger partial charge in [-0.05, 0) is 49.7 Å². The lowest BCUT2D eigenvalue weighted by molar-refractivity contribution is -0.0435. The number of benzene rings is 2. The number of sulfonamides is 1. The first kappa shape index (κ1) is 36.8. The van der Waals surface area contributed by atoms with Crippen LogP contribution in [-0.4, -0.2) is 104 Å². The number of thioether (sulfide) groups is 1. The Morgan fingerprint density at radius 3 is 2.11 bits per heavy atom. The molecule has 18 heteroatoms. The van der Waals surface area contributed by atoms with E-state index in [-0.39, 0.29) is 5.69 Å². The molecule has 0 spiro atoms. The van der Waals surface area contributed by atoms with E-state index >= 15 is 0 Å². The van der Waals surface area contributed by atoms with Crippen molar-refractivity contribution in [3.8, 4) is 0 Å². The number of anilines is 1. The molecule has 2 aromatic rings. The number of hydrogen-bond donors (Lipinski definition) is 2. The van der Waals surface area contributed by atoms with Crippen molar-refractivity contribution in [3.63, 3.8) is 0 Å². The minimum absolute atomic E-state index is 0.316. The van der Waals surface area contributed by atoms with Crippen LogP contribution in [0.15, 0.2) is 63.2 Å². The highest BCUT2D eigenvalue weighted by molar-refractivity contribution is 7.99. The number of halogens is 3. The summed E-state index contributed by atoms with van der Waals surface area (Å²) in [5.41, 5.74) is -6.01. The highest BCUT2D eigenvalue weighted by Gasteiger charge is 2.48. The summed E-state index contributed by atoms with van der Waals surface area (Å²) in [5.74, 6) is 0.394. The molecule has 0 aromatic heterocycles. The van der Waals surface area contributed by atoms with Gasteiger partial charge in [-0.3, -0.25) is 4.57 Å². The van der Waals surface area contributed by atoms with Gasteiger partial charge in [0.05, 0.1) is 16.7 Å². The average molecular weight is 703 g/mol. The molecule has 1 unspecified atom stereocenters. The highest BCUT2D eigenvalue weighted by atomic mass is 32.2. The maximum absolute atomic E-state index is 13.6. The van der Waals surface area contributed by atoms with E-state index in [1.165, 1.54) is 26.0 Å². The molecule has 0 saturated carbocycles. The number of rotatable bonds is 16. The predicted molar refractivity (Wildman–Crippen MR) is 164 cm³/mol. The smallest absolute Gasteiger partial charge is 0.380 e. The molecule has 1 fully saturated rings. The molecule has 0 aliphatic carbocycles. The third-order valence-electron chi connectivity index (χ3n) is 7.15. The Labute approximate surface area is 261 Å². The minimum atomic E-state index is -5.90. The molecule has 3 rings (SSSR count). The molecule has 44 heavy (non-hydrogen) atoms. The van der Waals surface area contributed by atoms with Crippen molar-refractivity contribution < 1.29 is 43.6 Å². The second kappa shape index (κ2) is 15.7.